The maximum Gasteiger partial charge on any atom is 0.387 e. The van der Waals surface area contributed by atoms with Crippen LogP contribution < -0.4 is 10.1 Å². The second kappa shape index (κ2) is 6.00. The molecule has 0 radical (unpaired) electrons. The minimum absolute atomic E-state index is 0.0332. The van der Waals surface area contributed by atoms with Crippen molar-refractivity contribution in [2.24, 2.45) is 0 Å². The predicted molar refractivity (Wildman–Crippen MR) is 79.9 cm³/mol. The van der Waals surface area contributed by atoms with E-state index in [4.69, 9.17) is 0 Å². The molecule has 0 spiro atoms. The third-order valence-electron chi connectivity index (χ3n) is 3.35. The van der Waals surface area contributed by atoms with Crippen LogP contribution in [0, 0.1) is 0 Å². The van der Waals surface area contributed by atoms with Crippen LogP contribution in [-0.2, 0) is 4.79 Å². The number of benzene rings is 2. The Morgan fingerprint density at radius 1 is 0.913 bits per heavy atom. The molecule has 4 nitrogen and oxygen atoms in total. The zero-order chi connectivity index (χ0) is 16.4. The van der Waals surface area contributed by atoms with E-state index in [0.29, 0.717) is 22.3 Å². The van der Waals surface area contributed by atoms with E-state index in [1.807, 2.05) is 0 Å². The van der Waals surface area contributed by atoms with Crippen LogP contribution in [0.15, 0.2) is 48.5 Å². The van der Waals surface area contributed by atoms with E-state index in [2.05, 4.69) is 10.1 Å². The molecule has 1 heterocycles. The summed E-state index contributed by atoms with van der Waals surface area (Å²) in [5.41, 5.74) is 1.91. The monoisotopic (exact) mass is 315 g/mol. The fourth-order valence-corrected chi connectivity index (χ4v) is 2.33. The molecule has 6 heteroatoms. The highest BCUT2D eigenvalue weighted by atomic mass is 19.3. The van der Waals surface area contributed by atoms with Gasteiger partial charge < -0.3 is 4.74 Å². The fourth-order valence-electron chi connectivity index (χ4n) is 2.33. The summed E-state index contributed by atoms with van der Waals surface area (Å²) in [5, 5.41) is 2.27. The summed E-state index contributed by atoms with van der Waals surface area (Å²) in [6.45, 7) is -2.89. The molecule has 1 aliphatic heterocycles. The Morgan fingerprint density at radius 3 is 2.22 bits per heavy atom. The van der Waals surface area contributed by atoms with Gasteiger partial charge in [-0.25, -0.2) is 0 Å². The highest BCUT2D eigenvalue weighted by Gasteiger charge is 2.26. The standard InChI is InChI=1S/C17H11F2NO3/c18-17(19)23-11-7-5-10(6-8-11)9-14-12-3-1-2-4-13(12)15(21)20-16(14)22/h1-9,17H,(H,20,21,22). The molecule has 2 aromatic rings. The highest BCUT2D eigenvalue weighted by Crippen LogP contribution is 2.26. The van der Waals surface area contributed by atoms with Crippen LogP contribution in [0.5, 0.6) is 5.75 Å². The lowest BCUT2D eigenvalue weighted by atomic mass is 9.93. The van der Waals surface area contributed by atoms with E-state index in [-0.39, 0.29) is 5.75 Å². The zero-order valence-electron chi connectivity index (χ0n) is 11.8. The second-order valence-electron chi connectivity index (χ2n) is 4.83. The molecule has 0 fully saturated rings. The molecule has 23 heavy (non-hydrogen) atoms. The number of nitrogens with one attached hydrogen (secondary N) is 1. The molecule has 0 saturated carbocycles. The van der Waals surface area contributed by atoms with Gasteiger partial charge in [-0.3, -0.25) is 14.9 Å². The van der Waals surface area contributed by atoms with Gasteiger partial charge in [0, 0.05) is 11.1 Å². The summed E-state index contributed by atoms with van der Waals surface area (Å²) in [6, 6.07) is 12.6. The maximum absolute atomic E-state index is 12.1. The van der Waals surface area contributed by atoms with Crippen LogP contribution in [0.4, 0.5) is 8.78 Å². The first kappa shape index (κ1) is 14.9. The van der Waals surface area contributed by atoms with Crippen molar-refractivity contribution in [2.75, 3.05) is 0 Å². The highest BCUT2D eigenvalue weighted by molar-refractivity contribution is 6.33. The smallest absolute Gasteiger partial charge is 0.387 e. The summed E-state index contributed by atoms with van der Waals surface area (Å²) in [5.74, 6) is -0.907. The summed E-state index contributed by atoms with van der Waals surface area (Å²) < 4.78 is 28.5. The molecule has 1 aliphatic rings. The predicted octanol–water partition coefficient (Wildman–Crippen LogP) is 3.10. The van der Waals surface area contributed by atoms with Gasteiger partial charge in [0.15, 0.2) is 0 Å². The Bertz CT molecular complexity index is 798. The Labute approximate surface area is 130 Å². The lowest BCUT2D eigenvalue weighted by molar-refractivity contribution is -0.114. The summed E-state index contributed by atoms with van der Waals surface area (Å²) in [4.78, 5) is 23.9. The Kier molecular flexibility index (Phi) is 3.89. The minimum atomic E-state index is -2.89. The van der Waals surface area contributed by atoms with Gasteiger partial charge in [0.2, 0.25) is 0 Å². The molecule has 0 unspecified atom stereocenters. The molecule has 1 N–H and O–H groups in total. The minimum Gasteiger partial charge on any atom is -0.435 e. The van der Waals surface area contributed by atoms with Crippen molar-refractivity contribution in [2.45, 2.75) is 6.61 Å². The number of halogens is 2. The number of amides is 2. The normalized spacial score (nSPS) is 15.5. The SMILES string of the molecule is O=C1NC(=O)c2ccccc2C1=Cc1ccc(OC(F)F)cc1. The van der Waals surface area contributed by atoms with Crippen LogP contribution in [-0.4, -0.2) is 18.4 Å². The van der Waals surface area contributed by atoms with Gasteiger partial charge in [-0.1, -0.05) is 30.3 Å². The van der Waals surface area contributed by atoms with Gasteiger partial charge >= 0.3 is 6.61 Å². The number of hydrogen-bond acceptors (Lipinski definition) is 3. The molecule has 0 aliphatic carbocycles. The van der Waals surface area contributed by atoms with Crippen molar-refractivity contribution in [1.29, 1.82) is 0 Å². The van der Waals surface area contributed by atoms with Crippen molar-refractivity contribution >= 4 is 23.5 Å². The van der Waals surface area contributed by atoms with E-state index in [0.717, 1.165) is 0 Å². The van der Waals surface area contributed by atoms with Crippen molar-refractivity contribution < 1.29 is 23.1 Å². The molecule has 2 aromatic carbocycles. The van der Waals surface area contributed by atoms with Gasteiger partial charge in [0.25, 0.3) is 11.8 Å². The fraction of sp³-hybridized carbons (Fsp3) is 0.0588. The van der Waals surface area contributed by atoms with E-state index >= 15 is 0 Å². The van der Waals surface area contributed by atoms with Gasteiger partial charge in [-0.05, 0) is 35.4 Å². The van der Waals surface area contributed by atoms with E-state index < -0.39 is 18.4 Å². The van der Waals surface area contributed by atoms with Gasteiger partial charge in [-0.15, -0.1) is 0 Å². The second-order valence-corrected chi connectivity index (χ2v) is 4.83. The van der Waals surface area contributed by atoms with Crippen LogP contribution >= 0.6 is 0 Å². The van der Waals surface area contributed by atoms with E-state index in [1.165, 1.54) is 12.1 Å². The van der Waals surface area contributed by atoms with Crippen molar-refractivity contribution in [1.82, 2.24) is 5.32 Å². The van der Waals surface area contributed by atoms with Gasteiger partial charge in [0.05, 0.1) is 0 Å². The average Bonchev–Trinajstić information content (AvgIpc) is 2.52. The lowest BCUT2D eigenvalue weighted by Crippen LogP contribution is -2.36. The zero-order valence-corrected chi connectivity index (χ0v) is 11.8. The van der Waals surface area contributed by atoms with E-state index in [9.17, 15) is 18.4 Å². The van der Waals surface area contributed by atoms with Gasteiger partial charge in [-0.2, -0.15) is 8.78 Å². The number of carbonyl (C=O) groups is 2. The van der Waals surface area contributed by atoms with Crippen molar-refractivity contribution in [3.63, 3.8) is 0 Å². The number of carbonyl (C=O) groups excluding carboxylic acids is 2. The third kappa shape index (κ3) is 3.11. The molecule has 0 saturated heterocycles. The number of imide groups is 1. The molecular formula is C17H11F2NO3. The number of rotatable bonds is 3. The summed E-state index contributed by atoms with van der Waals surface area (Å²) in [7, 11) is 0. The number of hydrogen-bond donors (Lipinski definition) is 1. The first-order chi connectivity index (χ1) is 11.0. The van der Waals surface area contributed by atoms with Crippen molar-refractivity contribution in [3.05, 3.63) is 65.2 Å². The van der Waals surface area contributed by atoms with E-state index in [1.54, 1.807) is 42.5 Å². The Balaban J connectivity index is 1.97. The first-order valence-electron chi connectivity index (χ1n) is 6.76. The topological polar surface area (TPSA) is 55.4 Å². The largest absolute Gasteiger partial charge is 0.435 e. The number of ether oxygens (including phenoxy) is 1. The average molecular weight is 315 g/mol. The molecule has 116 valence electrons. The Hall–Kier alpha value is -3.02. The Morgan fingerprint density at radius 2 is 1.57 bits per heavy atom. The molecule has 0 atom stereocenters. The molecule has 3 rings (SSSR count). The van der Waals surface area contributed by atoms with Crippen LogP contribution in [0.25, 0.3) is 11.6 Å². The quantitative estimate of drug-likeness (QED) is 0.699. The summed E-state index contributed by atoms with van der Waals surface area (Å²) >= 11 is 0. The number of alkyl halides is 2. The molecule has 0 bridgehead atoms. The molecule has 2 amide bonds. The lowest BCUT2D eigenvalue weighted by Gasteiger charge is -2.18. The van der Waals surface area contributed by atoms with Crippen LogP contribution in [0.3, 0.4) is 0 Å². The molecular weight excluding hydrogens is 304 g/mol. The van der Waals surface area contributed by atoms with Crippen LogP contribution in [0.2, 0.25) is 0 Å². The summed E-state index contributed by atoms with van der Waals surface area (Å²) in [6.07, 6.45) is 1.59. The molecule has 0 aromatic heterocycles. The van der Waals surface area contributed by atoms with Gasteiger partial charge in [0.1, 0.15) is 5.75 Å². The van der Waals surface area contributed by atoms with Crippen LogP contribution in [0.1, 0.15) is 21.5 Å². The van der Waals surface area contributed by atoms with Crippen molar-refractivity contribution in [3.8, 4) is 5.75 Å². The number of fused-ring (bicyclic) bond motifs is 1. The maximum atomic E-state index is 12.1. The third-order valence-corrected chi connectivity index (χ3v) is 3.35. The first-order valence-corrected chi connectivity index (χ1v) is 6.76.